The van der Waals surface area contributed by atoms with Crippen LogP contribution in [0.15, 0.2) is 71.8 Å². The number of pyridine rings is 1. The molecule has 0 saturated carbocycles. The van der Waals surface area contributed by atoms with Crippen LogP contribution in [0.1, 0.15) is 49.9 Å². The summed E-state index contributed by atoms with van der Waals surface area (Å²) in [4.78, 5) is 41.5. The number of carboxylic acid groups (broad SMARTS) is 1. The van der Waals surface area contributed by atoms with Crippen LogP contribution in [0.4, 0.5) is 35.2 Å². The standard InChI is InChI=1S/C33H36ClN5O6S.C2HF3O2/c1-19(2)46(42,43)29-12-9-23(38-33(41)45-4)18-25(29)27-6-5-15-39(27)32(40)30(21-7-11-26(34)28(17-21)44-3)37-22-8-10-24-20(16-22)13-14-36-31(24)35;3-2(4,5)1(6)7/h7-14,16-19,27,30,37H,5-6,15H2,1-4H3,(H2,35,36)(H,38,41);(H,6,7)/t27-,30+;/m1./s1. The summed E-state index contributed by atoms with van der Waals surface area (Å²) in [5.41, 5.74) is 8.10. The van der Waals surface area contributed by atoms with E-state index in [2.05, 4.69) is 15.6 Å². The molecule has 2 amide bonds. The van der Waals surface area contributed by atoms with Crippen molar-refractivity contribution in [2.24, 2.45) is 0 Å². The van der Waals surface area contributed by atoms with Gasteiger partial charge in [0.15, 0.2) is 9.84 Å². The number of nitrogens with one attached hydrogen (secondary N) is 2. The normalized spacial score (nSPS) is 15.0. The molecule has 1 fully saturated rings. The van der Waals surface area contributed by atoms with Crippen LogP contribution in [0.2, 0.25) is 5.02 Å². The number of anilines is 3. The summed E-state index contributed by atoms with van der Waals surface area (Å²) in [5.74, 6) is -2.23. The number of benzene rings is 3. The van der Waals surface area contributed by atoms with Crippen molar-refractivity contribution in [2.45, 2.75) is 55.1 Å². The molecule has 5 N–H and O–H groups in total. The molecule has 1 saturated heterocycles. The highest BCUT2D eigenvalue weighted by molar-refractivity contribution is 7.92. The van der Waals surface area contributed by atoms with Crippen molar-refractivity contribution >= 4 is 67.4 Å². The number of aromatic nitrogens is 1. The smallest absolute Gasteiger partial charge is 0.490 e. The van der Waals surface area contributed by atoms with Gasteiger partial charge < -0.3 is 30.5 Å². The van der Waals surface area contributed by atoms with Gasteiger partial charge in [0.2, 0.25) is 5.91 Å². The van der Waals surface area contributed by atoms with E-state index in [9.17, 15) is 31.2 Å². The molecule has 53 heavy (non-hydrogen) atoms. The number of likely N-dealkylation sites (tertiary alicyclic amines) is 1. The quantitative estimate of drug-likeness (QED) is 0.137. The molecule has 5 rings (SSSR count). The molecule has 1 aliphatic heterocycles. The fourth-order valence-electron chi connectivity index (χ4n) is 5.69. The van der Waals surface area contributed by atoms with E-state index < -0.39 is 45.4 Å². The molecule has 1 aromatic heterocycles. The average Bonchev–Trinajstić information content (AvgIpc) is 3.60. The highest BCUT2D eigenvalue weighted by Gasteiger charge is 2.39. The number of carboxylic acids is 1. The van der Waals surface area contributed by atoms with Crippen molar-refractivity contribution in [3.63, 3.8) is 0 Å². The number of ether oxygens (including phenoxy) is 2. The number of amides is 2. The first-order chi connectivity index (χ1) is 24.9. The zero-order chi connectivity index (χ0) is 39.2. The van der Waals surface area contributed by atoms with E-state index in [1.807, 2.05) is 24.3 Å². The second kappa shape index (κ2) is 16.6. The van der Waals surface area contributed by atoms with E-state index in [1.54, 1.807) is 49.2 Å². The molecule has 3 aromatic carbocycles. The Labute approximate surface area is 308 Å². The molecule has 0 aliphatic carbocycles. The van der Waals surface area contributed by atoms with Gasteiger partial charge in [-0.2, -0.15) is 13.2 Å². The number of nitrogen functional groups attached to an aromatic ring is 1. The molecule has 0 bridgehead atoms. The maximum absolute atomic E-state index is 14.7. The molecular formula is C35H37ClF3N5O8S. The third-order valence-corrected chi connectivity index (χ3v) is 10.9. The van der Waals surface area contributed by atoms with Gasteiger partial charge in [0.25, 0.3) is 0 Å². The van der Waals surface area contributed by atoms with Gasteiger partial charge in [-0.15, -0.1) is 0 Å². The zero-order valence-corrected chi connectivity index (χ0v) is 30.5. The van der Waals surface area contributed by atoms with Crippen molar-refractivity contribution in [1.29, 1.82) is 0 Å². The van der Waals surface area contributed by atoms with Gasteiger partial charge in [0, 0.05) is 29.5 Å². The fourth-order valence-corrected chi connectivity index (χ4v) is 7.17. The number of sulfone groups is 1. The monoisotopic (exact) mass is 779 g/mol. The average molecular weight is 780 g/mol. The highest BCUT2D eigenvalue weighted by atomic mass is 35.5. The first kappa shape index (κ1) is 40.5. The van der Waals surface area contributed by atoms with Crippen LogP contribution in [-0.2, 0) is 24.2 Å². The van der Waals surface area contributed by atoms with E-state index in [-0.39, 0.29) is 10.8 Å². The number of alkyl halides is 3. The number of hydrogen-bond donors (Lipinski definition) is 4. The van der Waals surface area contributed by atoms with Crippen molar-refractivity contribution in [3.05, 3.63) is 83.0 Å². The molecule has 2 heterocycles. The maximum Gasteiger partial charge on any atom is 0.490 e. The minimum absolute atomic E-state index is 0.112. The van der Waals surface area contributed by atoms with Gasteiger partial charge in [0.05, 0.1) is 35.4 Å². The maximum atomic E-state index is 14.7. The van der Waals surface area contributed by atoms with Crippen molar-refractivity contribution in [2.75, 3.05) is 37.1 Å². The number of halogens is 4. The second-order valence-electron chi connectivity index (χ2n) is 12.1. The Hall–Kier alpha value is -5.29. The Kier molecular flexibility index (Phi) is 12.7. The highest BCUT2D eigenvalue weighted by Crippen LogP contribution is 2.41. The summed E-state index contributed by atoms with van der Waals surface area (Å²) >= 11 is 6.34. The number of aliphatic carboxylic acids is 1. The van der Waals surface area contributed by atoms with Crippen molar-refractivity contribution < 1.29 is 50.6 Å². The number of carbonyl (C=O) groups excluding carboxylic acids is 2. The van der Waals surface area contributed by atoms with Gasteiger partial charge in [0.1, 0.15) is 17.6 Å². The third kappa shape index (κ3) is 9.39. The van der Waals surface area contributed by atoms with Crippen LogP contribution in [0.25, 0.3) is 10.8 Å². The SMILES string of the molecule is COC(=O)Nc1ccc(S(=O)(=O)C(C)C)c([C@H]2CCCN2C(=O)[C@@H](Nc2ccc3c(N)nccc3c2)c2ccc(Cl)c(OC)c2)c1.O=C(O)C(F)(F)F. The number of methoxy groups -OCH3 is 2. The molecule has 4 aromatic rings. The molecule has 284 valence electrons. The second-order valence-corrected chi connectivity index (χ2v) is 14.9. The van der Waals surface area contributed by atoms with Crippen LogP contribution in [0, 0.1) is 0 Å². The molecule has 18 heteroatoms. The zero-order valence-electron chi connectivity index (χ0n) is 28.9. The summed E-state index contributed by atoms with van der Waals surface area (Å²) in [6.45, 7) is 3.61. The van der Waals surface area contributed by atoms with E-state index in [4.69, 9.17) is 36.7 Å². The molecule has 0 unspecified atom stereocenters. The summed E-state index contributed by atoms with van der Waals surface area (Å²) in [5, 5.41) is 14.4. The molecule has 13 nitrogen and oxygen atoms in total. The van der Waals surface area contributed by atoms with E-state index >= 15 is 0 Å². The predicted octanol–water partition coefficient (Wildman–Crippen LogP) is 6.99. The van der Waals surface area contributed by atoms with Crippen LogP contribution >= 0.6 is 11.6 Å². The largest absolute Gasteiger partial charge is 0.495 e. The lowest BCUT2D eigenvalue weighted by Crippen LogP contribution is -2.38. The number of fused-ring (bicyclic) bond motifs is 1. The lowest BCUT2D eigenvalue weighted by Gasteiger charge is -2.32. The summed E-state index contributed by atoms with van der Waals surface area (Å²) < 4.78 is 69.0. The van der Waals surface area contributed by atoms with Gasteiger partial charge >= 0.3 is 18.2 Å². The van der Waals surface area contributed by atoms with Crippen molar-refractivity contribution in [1.82, 2.24) is 9.88 Å². The van der Waals surface area contributed by atoms with Crippen LogP contribution in [0.3, 0.4) is 0 Å². The van der Waals surface area contributed by atoms with Gasteiger partial charge in [-0.25, -0.2) is 23.0 Å². The topological polar surface area (TPSA) is 190 Å². The third-order valence-electron chi connectivity index (χ3n) is 8.37. The van der Waals surface area contributed by atoms with Gasteiger partial charge in [-0.05, 0) is 97.8 Å². The summed E-state index contributed by atoms with van der Waals surface area (Å²) in [6, 6.07) is 15.6. The van der Waals surface area contributed by atoms with Gasteiger partial charge in [-0.1, -0.05) is 17.7 Å². The Bertz CT molecular complexity index is 2120. The lowest BCUT2D eigenvalue weighted by atomic mass is 10.0. The number of nitrogens with zero attached hydrogens (tertiary/aromatic N) is 2. The van der Waals surface area contributed by atoms with Crippen LogP contribution in [-0.4, -0.2) is 73.6 Å². The van der Waals surface area contributed by atoms with E-state index in [0.717, 1.165) is 10.8 Å². The Morgan fingerprint density at radius 2 is 1.72 bits per heavy atom. The number of hydrogen-bond acceptors (Lipinski definition) is 10. The summed E-state index contributed by atoms with van der Waals surface area (Å²) in [6.07, 6.45) is -2.99. The Morgan fingerprint density at radius 3 is 2.34 bits per heavy atom. The molecular weight excluding hydrogens is 743 g/mol. The first-order valence-corrected chi connectivity index (χ1v) is 17.9. The summed E-state index contributed by atoms with van der Waals surface area (Å²) in [7, 11) is -1.01. The number of nitrogens with two attached hydrogens (primary N) is 1. The number of carbonyl (C=O) groups is 3. The minimum Gasteiger partial charge on any atom is -0.495 e. The van der Waals surface area contributed by atoms with Crippen LogP contribution < -0.4 is 21.1 Å². The fraction of sp³-hybridized carbons (Fsp3) is 0.314. The van der Waals surface area contributed by atoms with Gasteiger partial charge in [-0.3, -0.25) is 10.1 Å². The van der Waals surface area contributed by atoms with Crippen molar-refractivity contribution in [3.8, 4) is 5.75 Å². The molecule has 0 radical (unpaired) electrons. The molecule has 0 spiro atoms. The molecule has 1 aliphatic rings. The number of rotatable bonds is 9. The van der Waals surface area contributed by atoms with E-state index in [1.165, 1.54) is 26.4 Å². The minimum atomic E-state index is -5.08. The predicted molar refractivity (Wildman–Crippen MR) is 193 cm³/mol. The van der Waals surface area contributed by atoms with Crippen LogP contribution in [0.5, 0.6) is 5.75 Å². The Balaban J connectivity index is 0.000000815. The Morgan fingerprint density at radius 1 is 1.04 bits per heavy atom. The lowest BCUT2D eigenvalue weighted by molar-refractivity contribution is -0.192. The first-order valence-electron chi connectivity index (χ1n) is 16.0. The van der Waals surface area contributed by atoms with E-state index in [0.29, 0.717) is 58.5 Å². The molecule has 2 atom stereocenters.